The molecule has 0 spiro atoms. The lowest BCUT2D eigenvalue weighted by Gasteiger charge is -2.16. The molecule has 0 saturated heterocycles. The molecule has 1 atom stereocenters. The smallest absolute Gasteiger partial charge is 0.149 e. The number of nitrogens with one attached hydrogen (secondary N) is 1. The number of halogens is 2. The van der Waals surface area contributed by atoms with Crippen LogP contribution in [0.15, 0.2) is 6.07 Å². The molecule has 0 aliphatic rings. The van der Waals surface area contributed by atoms with E-state index in [-0.39, 0.29) is 18.2 Å². The van der Waals surface area contributed by atoms with Crippen LogP contribution in [0.5, 0.6) is 0 Å². The van der Waals surface area contributed by atoms with Crippen LogP contribution in [0, 0.1) is 23.0 Å². The number of aliphatic hydroxyl groups excluding tert-OH is 1. The molecule has 0 radical (unpaired) electrons. The molecule has 1 rings (SSSR count). The van der Waals surface area contributed by atoms with Crippen molar-refractivity contribution in [1.82, 2.24) is 5.32 Å². The van der Waals surface area contributed by atoms with Gasteiger partial charge in [0.2, 0.25) is 0 Å². The zero-order valence-corrected chi connectivity index (χ0v) is 10.2. The quantitative estimate of drug-likeness (QED) is 0.711. The van der Waals surface area contributed by atoms with Crippen molar-refractivity contribution < 1.29 is 13.9 Å². The Morgan fingerprint density at radius 3 is 2.61 bits per heavy atom. The predicted octanol–water partition coefficient (Wildman–Crippen LogP) is 1.45. The van der Waals surface area contributed by atoms with E-state index >= 15 is 0 Å². The highest BCUT2D eigenvalue weighted by atomic mass is 19.1. The van der Waals surface area contributed by atoms with E-state index in [1.807, 2.05) is 13.8 Å². The van der Waals surface area contributed by atoms with E-state index in [0.717, 1.165) is 6.07 Å². The SMILES string of the molecule is CC(C)NCC(O)c1cc(F)c(N)c(C#N)c1F. The van der Waals surface area contributed by atoms with Gasteiger partial charge >= 0.3 is 0 Å². The second-order valence-electron chi connectivity index (χ2n) is 4.24. The maximum atomic E-state index is 13.8. The molecule has 0 amide bonds. The number of hydrogen-bond donors (Lipinski definition) is 3. The van der Waals surface area contributed by atoms with Crippen molar-refractivity contribution in [2.45, 2.75) is 26.0 Å². The average Bonchev–Trinajstić information content (AvgIpc) is 2.31. The third kappa shape index (κ3) is 2.94. The molecule has 98 valence electrons. The zero-order chi connectivity index (χ0) is 13.9. The molecule has 6 heteroatoms. The summed E-state index contributed by atoms with van der Waals surface area (Å²) in [5.74, 6) is -1.89. The number of nitrogen functional groups attached to an aromatic ring is 1. The standard InChI is InChI=1S/C12H15F2N3O/c1-6(2)17-5-10(18)7-3-9(13)12(16)8(4-15)11(7)14/h3,6,10,17-18H,5,16H2,1-2H3. The van der Waals surface area contributed by atoms with Gasteiger partial charge in [-0.2, -0.15) is 5.26 Å². The van der Waals surface area contributed by atoms with Gasteiger partial charge in [0.1, 0.15) is 23.3 Å². The van der Waals surface area contributed by atoms with Gasteiger partial charge in [-0.15, -0.1) is 0 Å². The Morgan fingerprint density at radius 2 is 2.11 bits per heavy atom. The lowest BCUT2D eigenvalue weighted by Crippen LogP contribution is -2.28. The molecule has 0 bridgehead atoms. The molecule has 0 fully saturated rings. The first-order valence-electron chi connectivity index (χ1n) is 5.47. The molecule has 0 saturated carbocycles. The number of anilines is 1. The lowest BCUT2D eigenvalue weighted by atomic mass is 10.0. The van der Waals surface area contributed by atoms with Crippen LogP contribution in [-0.4, -0.2) is 17.7 Å². The van der Waals surface area contributed by atoms with E-state index in [2.05, 4.69) is 5.32 Å². The van der Waals surface area contributed by atoms with Gasteiger partial charge in [0.05, 0.1) is 11.8 Å². The molecule has 0 aliphatic carbocycles. The van der Waals surface area contributed by atoms with Gasteiger partial charge in [0, 0.05) is 18.2 Å². The van der Waals surface area contributed by atoms with Crippen LogP contribution in [0.25, 0.3) is 0 Å². The summed E-state index contributed by atoms with van der Waals surface area (Å²) in [6, 6.07) is 2.40. The highest BCUT2D eigenvalue weighted by Crippen LogP contribution is 2.26. The largest absolute Gasteiger partial charge is 0.395 e. The number of aliphatic hydroxyl groups is 1. The van der Waals surface area contributed by atoms with Crippen LogP contribution in [0.3, 0.4) is 0 Å². The summed E-state index contributed by atoms with van der Waals surface area (Å²) >= 11 is 0. The first-order valence-corrected chi connectivity index (χ1v) is 5.47. The van der Waals surface area contributed by atoms with Crippen LogP contribution < -0.4 is 11.1 Å². The molecule has 4 nitrogen and oxygen atoms in total. The Labute approximate surface area is 104 Å². The van der Waals surface area contributed by atoms with E-state index in [1.165, 1.54) is 6.07 Å². The van der Waals surface area contributed by atoms with Gasteiger partial charge in [-0.25, -0.2) is 8.78 Å². The van der Waals surface area contributed by atoms with Gasteiger partial charge in [0.25, 0.3) is 0 Å². The highest BCUT2D eigenvalue weighted by Gasteiger charge is 2.21. The van der Waals surface area contributed by atoms with Gasteiger partial charge < -0.3 is 16.2 Å². The first kappa shape index (κ1) is 14.4. The van der Waals surface area contributed by atoms with Gasteiger partial charge in [-0.05, 0) is 6.07 Å². The van der Waals surface area contributed by atoms with Crippen molar-refractivity contribution in [2.75, 3.05) is 12.3 Å². The number of nitrogens with two attached hydrogens (primary N) is 1. The second-order valence-corrected chi connectivity index (χ2v) is 4.24. The Kier molecular flexibility index (Phi) is 4.59. The number of nitrogens with zero attached hydrogens (tertiary/aromatic N) is 1. The molecular formula is C12H15F2N3O. The zero-order valence-electron chi connectivity index (χ0n) is 10.2. The van der Waals surface area contributed by atoms with E-state index in [1.54, 1.807) is 0 Å². The van der Waals surface area contributed by atoms with Crippen molar-refractivity contribution in [3.8, 4) is 6.07 Å². The van der Waals surface area contributed by atoms with Crippen molar-refractivity contribution in [3.63, 3.8) is 0 Å². The maximum absolute atomic E-state index is 13.8. The van der Waals surface area contributed by atoms with Crippen LogP contribution in [-0.2, 0) is 0 Å². The van der Waals surface area contributed by atoms with Crippen molar-refractivity contribution in [2.24, 2.45) is 0 Å². The molecule has 18 heavy (non-hydrogen) atoms. The van der Waals surface area contributed by atoms with E-state index in [9.17, 15) is 13.9 Å². The summed E-state index contributed by atoms with van der Waals surface area (Å²) in [6.07, 6.45) is -1.24. The van der Waals surface area contributed by atoms with Crippen LogP contribution in [0.1, 0.15) is 31.1 Å². The number of hydrogen-bond acceptors (Lipinski definition) is 4. The minimum absolute atomic E-state index is 0.0583. The van der Waals surface area contributed by atoms with Gasteiger partial charge in [-0.1, -0.05) is 13.8 Å². The summed E-state index contributed by atoms with van der Waals surface area (Å²) in [5.41, 5.74) is 3.86. The minimum Gasteiger partial charge on any atom is -0.395 e. The molecule has 0 aliphatic heterocycles. The summed E-state index contributed by atoms with van der Waals surface area (Å²) in [4.78, 5) is 0. The summed E-state index contributed by atoms with van der Waals surface area (Å²) in [5, 5.41) is 21.4. The average molecular weight is 255 g/mol. The second kappa shape index (κ2) is 5.76. The number of rotatable bonds is 4. The summed E-state index contributed by atoms with van der Waals surface area (Å²) in [6.45, 7) is 3.77. The van der Waals surface area contributed by atoms with E-state index in [0.29, 0.717) is 0 Å². The normalized spacial score (nSPS) is 12.5. The summed E-state index contributed by atoms with van der Waals surface area (Å²) in [7, 11) is 0. The molecule has 0 aromatic heterocycles. The Bertz CT molecular complexity index is 483. The number of benzene rings is 1. The van der Waals surface area contributed by atoms with Crippen LogP contribution in [0.2, 0.25) is 0 Å². The van der Waals surface area contributed by atoms with Crippen molar-refractivity contribution >= 4 is 5.69 Å². The van der Waals surface area contributed by atoms with Crippen molar-refractivity contribution in [1.29, 1.82) is 5.26 Å². The number of nitriles is 1. The third-order valence-corrected chi connectivity index (χ3v) is 2.47. The minimum atomic E-state index is -1.24. The molecule has 0 heterocycles. The predicted molar refractivity (Wildman–Crippen MR) is 63.6 cm³/mol. The Morgan fingerprint density at radius 1 is 1.50 bits per heavy atom. The van der Waals surface area contributed by atoms with E-state index in [4.69, 9.17) is 11.0 Å². The molecule has 1 unspecified atom stereocenters. The molecular weight excluding hydrogens is 240 g/mol. The Hall–Kier alpha value is -1.71. The first-order chi connectivity index (χ1) is 8.38. The Balaban J connectivity index is 3.10. The van der Waals surface area contributed by atoms with Crippen LogP contribution in [0.4, 0.5) is 14.5 Å². The van der Waals surface area contributed by atoms with Gasteiger partial charge in [-0.3, -0.25) is 0 Å². The monoisotopic (exact) mass is 255 g/mol. The maximum Gasteiger partial charge on any atom is 0.149 e. The highest BCUT2D eigenvalue weighted by molar-refractivity contribution is 5.57. The third-order valence-electron chi connectivity index (χ3n) is 2.47. The van der Waals surface area contributed by atoms with Gasteiger partial charge in [0.15, 0.2) is 0 Å². The fourth-order valence-corrected chi connectivity index (χ4v) is 1.47. The fraction of sp³-hybridized carbons (Fsp3) is 0.417. The summed E-state index contributed by atoms with van der Waals surface area (Å²) < 4.78 is 27.2. The molecule has 4 N–H and O–H groups in total. The fourth-order valence-electron chi connectivity index (χ4n) is 1.47. The molecule has 1 aromatic carbocycles. The van der Waals surface area contributed by atoms with Crippen LogP contribution >= 0.6 is 0 Å². The lowest BCUT2D eigenvalue weighted by molar-refractivity contribution is 0.166. The van der Waals surface area contributed by atoms with Crippen molar-refractivity contribution in [3.05, 3.63) is 28.8 Å². The topological polar surface area (TPSA) is 82.1 Å². The van der Waals surface area contributed by atoms with E-state index < -0.39 is 29.0 Å². The molecule has 1 aromatic rings.